The highest BCUT2D eigenvalue weighted by Gasteiger charge is 2.17. The maximum Gasteiger partial charge on any atom is 0.317 e. The Kier molecular flexibility index (Phi) is 6.44. The van der Waals surface area contributed by atoms with Crippen molar-refractivity contribution < 1.29 is 23.1 Å². The summed E-state index contributed by atoms with van der Waals surface area (Å²) in [5.41, 5.74) is 0. The van der Waals surface area contributed by atoms with Crippen LogP contribution in [0.1, 0.15) is 13.8 Å². The van der Waals surface area contributed by atoms with Crippen LogP contribution in [-0.2, 0) is 14.3 Å². The summed E-state index contributed by atoms with van der Waals surface area (Å²) in [4.78, 5) is 22.9. The van der Waals surface area contributed by atoms with Gasteiger partial charge >= 0.3 is 5.97 Å². The third-order valence-corrected chi connectivity index (χ3v) is 3.27. The number of thioether (sulfide) groups is 1. The van der Waals surface area contributed by atoms with Crippen LogP contribution < -0.4 is 5.32 Å². The quantitative estimate of drug-likeness (QED) is 0.646. The first-order chi connectivity index (χ1) is 9.43. The van der Waals surface area contributed by atoms with Gasteiger partial charge in [0.1, 0.15) is 11.6 Å². The van der Waals surface area contributed by atoms with Crippen LogP contribution in [-0.4, -0.2) is 30.3 Å². The zero-order chi connectivity index (χ0) is 15.1. The SMILES string of the molecule is CCNC(=O)[C@@H](C)OC(=O)CSc1cc(F)ccc1F. The van der Waals surface area contributed by atoms with Crippen LogP contribution in [0.3, 0.4) is 0 Å². The van der Waals surface area contributed by atoms with Crippen molar-refractivity contribution in [2.75, 3.05) is 12.3 Å². The number of amides is 1. The Balaban J connectivity index is 2.47. The molecule has 1 N–H and O–H groups in total. The fraction of sp³-hybridized carbons (Fsp3) is 0.385. The Hall–Kier alpha value is -1.63. The van der Waals surface area contributed by atoms with Crippen LogP contribution in [0.4, 0.5) is 8.78 Å². The number of hydrogen-bond donors (Lipinski definition) is 1. The van der Waals surface area contributed by atoms with Gasteiger partial charge in [-0.25, -0.2) is 8.78 Å². The van der Waals surface area contributed by atoms with E-state index < -0.39 is 29.6 Å². The number of hydrogen-bond acceptors (Lipinski definition) is 4. The third-order valence-electron chi connectivity index (χ3n) is 2.27. The summed E-state index contributed by atoms with van der Waals surface area (Å²) in [6, 6.07) is 2.98. The maximum atomic E-state index is 13.3. The van der Waals surface area contributed by atoms with Crippen molar-refractivity contribution >= 4 is 23.6 Å². The summed E-state index contributed by atoms with van der Waals surface area (Å²) in [7, 11) is 0. The second-order valence-electron chi connectivity index (χ2n) is 3.89. The van der Waals surface area contributed by atoms with Crippen molar-refractivity contribution in [2.24, 2.45) is 0 Å². The summed E-state index contributed by atoms with van der Waals surface area (Å²) in [5, 5.41) is 2.51. The Morgan fingerprint density at radius 1 is 1.40 bits per heavy atom. The minimum atomic E-state index is -0.916. The van der Waals surface area contributed by atoms with Gasteiger partial charge in [0.15, 0.2) is 6.10 Å². The van der Waals surface area contributed by atoms with Gasteiger partial charge < -0.3 is 10.1 Å². The standard InChI is InChI=1S/C13H15F2NO3S/c1-3-16-13(18)8(2)19-12(17)7-20-11-6-9(14)4-5-10(11)15/h4-6,8H,3,7H2,1-2H3,(H,16,18)/t8-/m1/s1. The van der Waals surface area contributed by atoms with Gasteiger partial charge in [-0.05, 0) is 32.0 Å². The number of rotatable bonds is 6. The van der Waals surface area contributed by atoms with Gasteiger partial charge in [0.05, 0.1) is 5.75 Å². The molecule has 20 heavy (non-hydrogen) atoms. The molecule has 0 radical (unpaired) electrons. The Bertz CT molecular complexity index is 497. The van der Waals surface area contributed by atoms with Crippen LogP contribution in [0.2, 0.25) is 0 Å². The number of benzene rings is 1. The molecule has 1 aromatic rings. The lowest BCUT2D eigenvalue weighted by atomic mass is 10.3. The number of carbonyl (C=O) groups excluding carboxylic acids is 2. The van der Waals surface area contributed by atoms with E-state index in [-0.39, 0.29) is 10.6 Å². The molecule has 110 valence electrons. The van der Waals surface area contributed by atoms with Gasteiger partial charge in [-0.1, -0.05) is 0 Å². The van der Waals surface area contributed by atoms with Crippen molar-refractivity contribution in [1.82, 2.24) is 5.32 Å². The first-order valence-corrected chi connectivity index (χ1v) is 6.97. The van der Waals surface area contributed by atoms with Crippen molar-refractivity contribution in [3.05, 3.63) is 29.8 Å². The molecule has 0 aliphatic rings. The predicted molar refractivity (Wildman–Crippen MR) is 71.3 cm³/mol. The zero-order valence-electron chi connectivity index (χ0n) is 11.1. The van der Waals surface area contributed by atoms with Gasteiger partial charge in [0.2, 0.25) is 0 Å². The minimum absolute atomic E-state index is 0.0209. The van der Waals surface area contributed by atoms with E-state index in [0.717, 1.165) is 30.0 Å². The average molecular weight is 303 g/mol. The van der Waals surface area contributed by atoms with Crippen molar-refractivity contribution in [2.45, 2.75) is 24.8 Å². The third kappa shape index (κ3) is 5.16. The highest BCUT2D eigenvalue weighted by atomic mass is 32.2. The van der Waals surface area contributed by atoms with Crippen LogP contribution in [0.5, 0.6) is 0 Å². The molecule has 0 aromatic heterocycles. The van der Waals surface area contributed by atoms with E-state index in [2.05, 4.69) is 5.32 Å². The minimum Gasteiger partial charge on any atom is -0.452 e. The van der Waals surface area contributed by atoms with Gasteiger partial charge in [-0.15, -0.1) is 11.8 Å². The van der Waals surface area contributed by atoms with E-state index in [0.29, 0.717) is 6.54 Å². The molecule has 1 atom stereocenters. The molecule has 0 aliphatic heterocycles. The smallest absolute Gasteiger partial charge is 0.317 e. The fourth-order valence-electron chi connectivity index (χ4n) is 1.33. The van der Waals surface area contributed by atoms with E-state index in [1.165, 1.54) is 6.92 Å². The van der Waals surface area contributed by atoms with Crippen molar-refractivity contribution in [3.8, 4) is 0 Å². The van der Waals surface area contributed by atoms with Crippen LogP contribution in [0.25, 0.3) is 0 Å². The monoisotopic (exact) mass is 303 g/mol. The van der Waals surface area contributed by atoms with Crippen LogP contribution in [0.15, 0.2) is 23.1 Å². The molecule has 1 rings (SSSR count). The lowest BCUT2D eigenvalue weighted by molar-refractivity contribution is -0.152. The molecule has 0 saturated carbocycles. The topological polar surface area (TPSA) is 55.4 Å². The van der Waals surface area contributed by atoms with Crippen LogP contribution in [0, 0.1) is 11.6 Å². The number of likely N-dealkylation sites (N-methyl/N-ethyl adjacent to an activating group) is 1. The number of nitrogens with one attached hydrogen (secondary N) is 1. The molecule has 0 heterocycles. The number of carbonyl (C=O) groups is 2. The number of halogens is 2. The summed E-state index contributed by atoms with van der Waals surface area (Å²) in [6.45, 7) is 3.62. The first-order valence-electron chi connectivity index (χ1n) is 5.99. The Labute approximate surface area is 119 Å². The van der Waals surface area contributed by atoms with Gasteiger partial charge in [-0.3, -0.25) is 9.59 Å². The zero-order valence-corrected chi connectivity index (χ0v) is 11.9. The number of ether oxygens (including phenoxy) is 1. The molecule has 7 heteroatoms. The largest absolute Gasteiger partial charge is 0.452 e. The summed E-state index contributed by atoms with van der Waals surface area (Å²) < 4.78 is 31.1. The predicted octanol–water partition coefficient (Wildman–Crippen LogP) is 2.12. The maximum absolute atomic E-state index is 13.3. The highest BCUT2D eigenvalue weighted by molar-refractivity contribution is 8.00. The molecule has 0 unspecified atom stereocenters. The molecule has 0 saturated heterocycles. The van der Waals surface area contributed by atoms with Gasteiger partial charge in [0.25, 0.3) is 5.91 Å². The molecule has 4 nitrogen and oxygen atoms in total. The summed E-state index contributed by atoms with van der Waals surface area (Å²) in [6.07, 6.45) is -0.916. The molecule has 0 bridgehead atoms. The first kappa shape index (κ1) is 16.4. The Morgan fingerprint density at radius 2 is 2.10 bits per heavy atom. The van der Waals surface area contributed by atoms with E-state index in [1.807, 2.05) is 0 Å². The lowest BCUT2D eigenvalue weighted by Gasteiger charge is -2.12. The van der Waals surface area contributed by atoms with E-state index in [4.69, 9.17) is 4.74 Å². The molecular weight excluding hydrogens is 288 g/mol. The van der Waals surface area contributed by atoms with E-state index in [1.54, 1.807) is 6.92 Å². The Morgan fingerprint density at radius 3 is 2.75 bits per heavy atom. The molecule has 0 spiro atoms. The van der Waals surface area contributed by atoms with Crippen molar-refractivity contribution in [1.29, 1.82) is 0 Å². The molecule has 0 aliphatic carbocycles. The fourth-order valence-corrected chi connectivity index (χ4v) is 2.07. The summed E-state index contributed by atoms with van der Waals surface area (Å²) >= 11 is 0.815. The second kappa shape index (κ2) is 7.84. The molecule has 1 aromatic carbocycles. The molecule has 0 fully saturated rings. The normalized spacial score (nSPS) is 11.8. The molecular formula is C13H15F2NO3S. The van der Waals surface area contributed by atoms with E-state index in [9.17, 15) is 18.4 Å². The van der Waals surface area contributed by atoms with Gasteiger partial charge in [0, 0.05) is 11.4 Å². The second-order valence-corrected chi connectivity index (χ2v) is 4.91. The van der Waals surface area contributed by atoms with E-state index >= 15 is 0 Å². The lowest BCUT2D eigenvalue weighted by Crippen LogP contribution is -2.35. The average Bonchev–Trinajstić information content (AvgIpc) is 2.40. The van der Waals surface area contributed by atoms with Gasteiger partial charge in [-0.2, -0.15) is 0 Å². The van der Waals surface area contributed by atoms with Crippen LogP contribution >= 0.6 is 11.8 Å². The molecule has 1 amide bonds. The van der Waals surface area contributed by atoms with Crippen molar-refractivity contribution in [3.63, 3.8) is 0 Å². The number of esters is 1. The highest BCUT2D eigenvalue weighted by Crippen LogP contribution is 2.22. The summed E-state index contributed by atoms with van der Waals surface area (Å²) in [5.74, 6) is -2.47.